The molecule has 0 bridgehead atoms. The molecule has 3 rings (SSSR count). The Kier molecular flexibility index (Phi) is 7.68. The molecule has 1 unspecified atom stereocenters. The molecule has 0 N–H and O–H groups in total. The minimum atomic E-state index is -5.05. The molecular formula is C23H18ClF4N2O6+. The number of carbonyl (C=O) groups is 3. The Hall–Kier alpha value is -3.93. The SMILES string of the molecule is C=[N+]1C(=O)N(c2cc(Oc3ccccc3OC(C)C(=O)OCC)c(Cl)cc2F)C(=O)C=C1C(F)(F)F. The minimum Gasteiger partial charge on any atom is -0.475 e. The van der Waals surface area contributed by atoms with E-state index in [0.29, 0.717) is 6.07 Å². The van der Waals surface area contributed by atoms with Crippen molar-refractivity contribution < 1.29 is 50.7 Å². The van der Waals surface area contributed by atoms with E-state index in [2.05, 4.69) is 6.72 Å². The summed E-state index contributed by atoms with van der Waals surface area (Å²) >= 11 is 6.07. The molecule has 1 heterocycles. The van der Waals surface area contributed by atoms with Crippen LogP contribution in [0.5, 0.6) is 17.2 Å². The van der Waals surface area contributed by atoms with E-state index >= 15 is 0 Å². The standard InChI is InChI=1S/C23H18ClF4N2O6/c1-4-34-21(32)12(2)35-16-7-5-6-8-17(16)36-18-10-15(14(25)9-13(18)24)30-20(31)11-19(23(26,27)28)29(3)22(30)33/h5-12H,3-4H2,1-2H3/q+1. The third-order valence-corrected chi connectivity index (χ3v) is 5.01. The third-order valence-electron chi connectivity index (χ3n) is 4.72. The van der Waals surface area contributed by atoms with Crippen molar-refractivity contribution in [2.24, 2.45) is 0 Å². The molecule has 1 aliphatic heterocycles. The van der Waals surface area contributed by atoms with E-state index in [1.807, 2.05) is 0 Å². The Morgan fingerprint density at radius 3 is 2.42 bits per heavy atom. The van der Waals surface area contributed by atoms with Gasteiger partial charge in [0.05, 0.1) is 24.4 Å². The number of imide groups is 1. The molecule has 2 aromatic rings. The van der Waals surface area contributed by atoms with Crippen molar-refractivity contribution in [1.82, 2.24) is 0 Å². The molecule has 0 saturated heterocycles. The first-order valence-corrected chi connectivity index (χ1v) is 10.6. The number of esters is 1. The predicted octanol–water partition coefficient (Wildman–Crippen LogP) is 5.23. The van der Waals surface area contributed by atoms with Gasteiger partial charge in [-0.1, -0.05) is 23.7 Å². The fourth-order valence-electron chi connectivity index (χ4n) is 3.05. The zero-order valence-corrected chi connectivity index (χ0v) is 19.5. The Morgan fingerprint density at radius 2 is 1.81 bits per heavy atom. The Bertz CT molecular complexity index is 1280. The second kappa shape index (κ2) is 10.4. The smallest absolute Gasteiger partial charge is 0.475 e. The van der Waals surface area contributed by atoms with Crippen LogP contribution in [0.3, 0.4) is 0 Å². The largest absolute Gasteiger partial charge is 0.511 e. The number of allylic oxidation sites excluding steroid dienone is 1. The lowest BCUT2D eigenvalue weighted by molar-refractivity contribution is -0.404. The van der Waals surface area contributed by atoms with Gasteiger partial charge < -0.3 is 14.2 Å². The van der Waals surface area contributed by atoms with Gasteiger partial charge in [0.1, 0.15) is 0 Å². The van der Waals surface area contributed by atoms with Gasteiger partial charge in [-0.2, -0.15) is 22.5 Å². The van der Waals surface area contributed by atoms with Gasteiger partial charge in [-0.15, -0.1) is 4.90 Å². The summed E-state index contributed by atoms with van der Waals surface area (Å²) in [7, 11) is 0. The molecule has 190 valence electrons. The number of halogens is 5. The van der Waals surface area contributed by atoms with E-state index in [4.69, 9.17) is 25.8 Å². The number of rotatable bonds is 7. The summed E-state index contributed by atoms with van der Waals surface area (Å²) in [6.07, 6.45) is -5.95. The number of anilines is 1. The van der Waals surface area contributed by atoms with Crippen molar-refractivity contribution in [3.05, 3.63) is 59.0 Å². The first kappa shape index (κ1) is 26.7. The van der Waals surface area contributed by atoms with Gasteiger partial charge in [-0.05, 0) is 26.0 Å². The maximum Gasteiger partial charge on any atom is 0.511 e. The molecule has 1 atom stereocenters. The van der Waals surface area contributed by atoms with Gasteiger partial charge in [-0.3, -0.25) is 0 Å². The van der Waals surface area contributed by atoms with Crippen molar-refractivity contribution in [2.75, 3.05) is 11.5 Å². The van der Waals surface area contributed by atoms with E-state index < -0.39 is 47.4 Å². The summed E-state index contributed by atoms with van der Waals surface area (Å²) in [6, 6.07) is 6.06. The number of urea groups is 1. The summed E-state index contributed by atoms with van der Waals surface area (Å²) in [6.45, 7) is 6.21. The Labute approximate surface area is 206 Å². The number of carbonyl (C=O) groups excluding carboxylic acids is 3. The highest BCUT2D eigenvalue weighted by Gasteiger charge is 2.51. The van der Waals surface area contributed by atoms with Crippen molar-refractivity contribution in [3.63, 3.8) is 0 Å². The number of benzene rings is 2. The van der Waals surface area contributed by atoms with Crippen molar-refractivity contribution in [2.45, 2.75) is 26.1 Å². The van der Waals surface area contributed by atoms with Crippen LogP contribution in [0.15, 0.2) is 48.2 Å². The van der Waals surface area contributed by atoms with Crippen molar-refractivity contribution >= 4 is 41.9 Å². The first-order chi connectivity index (χ1) is 16.8. The van der Waals surface area contributed by atoms with Crippen LogP contribution >= 0.6 is 11.6 Å². The molecule has 0 aromatic heterocycles. The zero-order chi connectivity index (χ0) is 26.8. The van der Waals surface area contributed by atoms with Crippen LogP contribution in [-0.4, -0.2) is 48.1 Å². The highest BCUT2D eigenvalue weighted by atomic mass is 35.5. The lowest BCUT2D eigenvalue weighted by Crippen LogP contribution is -2.47. The maximum atomic E-state index is 14.7. The number of alkyl halides is 3. The lowest BCUT2D eigenvalue weighted by atomic mass is 10.2. The number of hydrogen-bond donors (Lipinski definition) is 0. The van der Waals surface area contributed by atoms with Crippen LogP contribution in [0.1, 0.15) is 13.8 Å². The number of ether oxygens (including phenoxy) is 3. The summed E-state index contributed by atoms with van der Waals surface area (Å²) in [5.74, 6) is -3.46. The molecule has 13 heteroatoms. The van der Waals surface area contributed by atoms with E-state index in [-0.39, 0.29) is 44.4 Å². The number of nitrogens with zero attached hydrogens (tertiary/aromatic N) is 2. The quantitative estimate of drug-likeness (QED) is 0.277. The predicted molar refractivity (Wildman–Crippen MR) is 119 cm³/mol. The fraction of sp³-hybridized carbons (Fsp3) is 0.217. The van der Waals surface area contributed by atoms with Gasteiger partial charge >= 0.3 is 24.1 Å². The highest BCUT2D eigenvalue weighted by molar-refractivity contribution is 6.32. The number of amides is 3. The lowest BCUT2D eigenvalue weighted by Gasteiger charge is -2.21. The van der Waals surface area contributed by atoms with E-state index in [0.717, 1.165) is 6.07 Å². The van der Waals surface area contributed by atoms with Crippen LogP contribution in [0.2, 0.25) is 5.02 Å². The Balaban J connectivity index is 1.97. The molecule has 0 saturated carbocycles. The summed E-state index contributed by atoms with van der Waals surface area (Å²) in [4.78, 5) is 36.9. The summed E-state index contributed by atoms with van der Waals surface area (Å²) in [5.41, 5.74) is -2.34. The van der Waals surface area contributed by atoms with Gasteiger partial charge in [0, 0.05) is 12.1 Å². The molecule has 1 aliphatic rings. The van der Waals surface area contributed by atoms with Crippen LogP contribution in [0.25, 0.3) is 0 Å². The number of hydrogen-bond acceptors (Lipinski definition) is 6. The molecule has 2 aromatic carbocycles. The maximum absolute atomic E-state index is 14.7. The van der Waals surface area contributed by atoms with Crippen molar-refractivity contribution in [1.29, 1.82) is 0 Å². The normalized spacial score (nSPS) is 14.9. The Morgan fingerprint density at radius 1 is 1.17 bits per heavy atom. The van der Waals surface area contributed by atoms with E-state index in [1.165, 1.54) is 19.1 Å². The minimum absolute atomic E-state index is 0.0162. The first-order valence-electron chi connectivity index (χ1n) is 10.2. The molecule has 0 radical (unpaired) electrons. The van der Waals surface area contributed by atoms with Crippen LogP contribution < -0.4 is 14.4 Å². The zero-order valence-electron chi connectivity index (χ0n) is 18.8. The topological polar surface area (TPSA) is 85.2 Å². The van der Waals surface area contributed by atoms with Crippen molar-refractivity contribution in [3.8, 4) is 17.2 Å². The number of para-hydroxylation sites is 2. The average Bonchev–Trinajstić information content (AvgIpc) is 2.79. The molecule has 36 heavy (non-hydrogen) atoms. The van der Waals surface area contributed by atoms with Gasteiger partial charge in [0.25, 0.3) is 0 Å². The summed E-state index contributed by atoms with van der Waals surface area (Å²) < 4.78 is 70.1. The molecule has 3 amide bonds. The fourth-order valence-corrected chi connectivity index (χ4v) is 3.24. The second-order valence-electron chi connectivity index (χ2n) is 7.21. The van der Waals surface area contributed by atoms with Gasteiger partial charge in [0.15, 0.2) is 34.9 Å². The van der Waals surface area contributed by atoms with Gasteiger partial charge in [0.2, 0.25) is 5.70 Å². The molecular weight excluding hydrogens is 512 g/mol. The highest BCUT2D eigenvalue weighted by Crippen LogP contribution is 2.40. The molecule has 0 spiro atoms. The van der Waals surface area contributed by atoms with E-state index in [1.54, 1.807) is 19.1 Å². The second-order valence-corrected chi connectivity index (χ2v) is 7.61. The average molecular weight is 530 g/mol. The van der Waals surface area contributed by atoms with Crippen LogP contribution in [0.4, 0.5) is 28.0 Å². The molecule has 8 nitrogen and oxygen atoms in total. The third kappa shape index (κ3) is 5.48. The van der Waals surface area contributed by atoms with Gasteiger partial charge in [-0.25, -0.2) is 14.0 Å². The summed E-state index contributed by atoms with van der Waals surface area (Å²) in [5, 5.41) is -0.292. The van der Waals surface area contributed by atoms with E-state index in [9.17, 15) is 31.9 Å². The molecule has 0 aliphatic carbocycles. The molecule has 0 fully saturated rings. The van der Waals surface area contributed by atoms with Crippen LogP contribution in [-0.2, 0) is 14.3 Å². The monoisotopic (exact) mass is 529 g/mol. The van der Waals surface area contributed by atoms with Crippen LogP contribution in [0, 0.1) is 5.82 Å².